The van der Waals surface area contributed by atoms with E-state index in [1.165, 1.54) is 0 Å². The standard InChI is InChI=1S/C15H18N2O/c1-11-9-13(10-16-15(11)17(2)3)14(18)12-7-5-4-6-8-12/h4-10,14,18H,1-3H3. The average Bonchev–Trinajstić information content (AvgIpc) is 2.38. The first kappa shape index (κ1) is 12.6. The first-order chi connectivity index (χ1) is 8.59. The molecule has 0 amide bonds. The van der Waals surface area contributed by atoms with Crippen LogP contribution in [0.1, 0.15) is 22.8 Å². The van der Waals surface area contributed by atoms with Crippen molar-refractivity contribution in [2.75, 3.05) is 19.0 Å². The van der Waals surface area contributed by atoms with Gasteiger partial charge in [-0.05, 0) is 24.1 Å². The van der Waals surface area contributed by atoms with Gasteiger partial charge in [-0.2, -0.15) is 0 Å². The number of hydrogen-bond donors (Lipinski definition) is 1. The summed E-state index contributed by atoms with van der Waals surface area (Å²) in [5.41, 5.74) is 2.77. The fourth-order valence-corrected chi connectivity index (χ4v) is 2.03. The molecule has 2 aromatic rings. The molecule has 1 heterocycles. The lowest BCUT2D eigenvalue weighted by Gasteiger charge is -2.17. The molecule has 1 aromatic carbocycles. The molecule has 94 valence electrons. The Labute approximate surface area is 108 Å². The number of anilines is 1. The molecule has 0 spiro atoms. The molecular weight excluding hydrogens is 224 g/mol. The van der Waals surface area contributed by atoms with Crippen LogP contribution in [0.4, 0.5) is 5.82 Å². The summed E-state index contributed by atoms with van der Waals surface area (Å²) >= 11 is 0. The molecule has 18 heavy (non-hydrogen) atoms. The Morgan fingerprint density at radius 3 is 2.33 bits per heavy atom. The lowest BCUT2D eigenvalue weighted by atomic mass is 10.0. The van der Waals surface area contributed by atoms with Gasteiger partial charge in [0.25, 0.3) is 0 Å². The Morgan fingerprint density at radius 1 is 1.11 bits per heavy atom. The van der Waals surface area contributed by atoms with Crippen LogP contribution in [0, 0.1) is 6.92 Å². The van der Waals surface area contributed by atoms with Crippen LogP contribution in [0.2, 0.25) is 0 Å². The van der Waals surface area contributed by atoms with E-state index in [0.717, 1.165) is 22.5 Å². The minimum Gasteiger partial charge on any atom is -0.384 e. The SMILES string of the molecule is Cc1cc(C(O)c2ccccc2)cnc1N(C)C. The van der Waals surface area contributed by atoms with Crippen molar-refractivity contribution in [3.8, 4) is 0 Å². The number of aryl methyl sites for hydroxylation is 1. The zero-order chi connectivity index (χ0) is 13.1. The van der Waals surface area contributed by atoms with Crippen LogP contribution in [0.3, 0.4) is 0 Å². The fraction of sp³-hybridized carbons (Fsp3) is 0.267. The zero-order valence-corrected chi connectivity index (χ0v) is 11.0. The van der Waals surface area contributed by atoms with E-state index in [9.17, 15) is 5.11 Å². The predicted molar refractivity (Wildman–Crippen MR) is 73.8 cm³/mol. The monoisotopic (exact) mass is 242 g/mol. The van der Waals surface area contributed by atoms with Crippen LogP contribution in [0.5, 0.6) is 0 Å². The van der Waals surface area contributed by atoms with Crippen LogP contribution < -0.4 is 4.90 Å². The predicted octanol–water partition coefficient (Wildman–Crippen LogP) is 2.54. The van der Waals surface area contributed by atoms with Gasteiger partial charge in [0.15, 0.2) is 0 Å². The van der Waals surface area contributed by atoms with Gasteiger partial charge in [0.05, 0.1) is 0 Å². The normalized spacial score (nSPS) is 12.2. The lowest BCUT2D eigenvalue weighted by Crippen LogP contribution is -2.13. The number of aliphatic hydroxyl groups excluding tert-OH is 1. The van der Waals surface area contributed by atoms with E-state index >= 15 is 0 Å². The number of aliphatic hydroxyl groups is 1. The first-order valence-corrected chi connectivity index (χ1v) is 5.96. The van der Waals surface area contributed by atoms with Crippen LogP contribution >= 0.6 is 0 Å². The third-order valence-electron chi connectivity index (χ3n) is 2.93. The second-order valence-electron chi connectivity index (χ2n) is 4.62. The molecule has 3 heteroatoms. The summed E-state index contributed by atoms with van der Waals surface area (Å²) in [6, 6.07) is 11.6. The Hall–Kier alpha value is -1.87. The molecule has 0 saturated heterocycles. The summed E-state index contributed by atoms with van der Waals surface area (Å²) in [5.74, 6) is 0.930. The summed E-state index contributed by atoms with van der Waals surface area (Å²) < 4.78 is 0. The summed E-state index contributed by atoms with van der Waals surface area (Å²) in [6.07, 6.45) is 1.12. The van der Waals surface area contributed by atoms with Crippen molar-refractivity contribution in [2.45, 2.75) is 13.0 Å². The van der Waals surface area contributed by atoms with Gasteiger partial charge in [-0.3, -0.25) is 0 Å². The molecule has 0 aliphatic rings. The van der Waals surface area contributed by atoms with E-state index in [2.05, 4.69) is 4.98 Å². The highest BCUT2D eigenvalue weighted by Gasteiger charge is 2.12. The Bertz CT molecular complexity index is 523. The van der Waals surface area contributed by atoms with Gasteiger partial charge >= 0.3 is 0 Å². The molecule has 1 atom stereocenters. The maximum Gasteiger partial charge on any atom is 0.130 e. The second-order valence-corrected chi connectivity index (χ2v) is 4.62. The number of hydrogen-bond acceptors (Lipinski definition) is 3. The number of nitrogens with zero attached hydrogens (tertiary/aromatic N) is 2. The molecule has 0 aliphatic carbocycles. The van der Waals surface area contributed by atoms with Crippen molar-refractivity contribution in [2.24, 2.45) is 0 Å². The van der Waals surface area contributed by atoms with Crippen molar-refractivity contribution >= 4 is 5.82 Å². The van der Waals surface area contributed by atoms with Gasteiger partial charge in [-0.15, -0.1) is 0 Å². The van der Waals surface area contributed by atoms with Crippen molar-refractivity contribution in [3.05, 3.63) is 59.3 Å². The van der Waals surface area contributed by atoms with Crippen LogP contribution in [0.15, 0.2) is 42.6 Å². The third kappa shape index (κ3) is 2.51. The highest BCUT2D eigenvalue weighted by atomic mass is 16.3. The van der Waals surface area contributed by atoms with Gasteiger partial charge in [-0.25, -0.2) is 4.98 Å². The van der Waals surface area contributed by atoms with E-state index < -0.39 is 6.10 Å². The van der Waals surface area contributed by atoms with E-state index in [4.69, 9.17) is 0 Å². The average molecular weight is 242 g/mol. The molecule has 2 rings (SSSR count). The van der Waals surface area contributed by atoms with Gasteiger partial charge < -0.3 is 10.0 Å². The van der Waals surface area contributed by atoms with E-state index in [-0.39, 0.29) is 0 Å². The minimum absolute atomic E-state index is 0.617. The third-order valence-corrected chi connectivity index (χ3v) is 2.93. The van der Waals surface area contributed by atoms with Crippen LogP contribution in [-0.2, 0) is 0 Å². The van der Waals surface area contributed by atoms with Crippen molar-refractivity contribution in [1.82, 2.24) is 4.98 Å². The van der Waals surface area contributed by atoms with Crippen molar-refractivity contribution < 1.29 is 5.11 Å². The van der Waals surface area contributed by atoms with E-state index in [0.29, 0.717) is 0 Å². The molecule has 0 fully saturated rings. The second kappa shape index (κ2) is 5.19. The summed E-state index contributed by atoms with van der Waals surface area (Å²) in [5, 5.41) is 10.3. The minimum atomic E-state index is -0.617. The highest BCUT2D eigenvalue weighted by Crippen LogP contribution is 2.24. The van der Waals surface area contributed by atoms with Gasteiger partial charge in [0.2, 0.25) is 0 Å². The zero-order valence-electron chi connectivity index (χ0n) is 11.0. The number of benzene rings is 1. The van der Waals surface area contributed by atoms with Crippen LogP contribution in [0.25, 0.3) is 0 Å². The Balaban J connectivity index is 2.32. The molecule has 1 N–H and O–H groups in total. The molecule has 0 radical (unpaired) electrons. The van der Waals surface area contributed by atoms with Crippen LogP contribution in [-0.4, -0.2) is 24.2 Å². The first-order valence-electron chi connectivity index (χ1n) is 5.96. The summed E-state index contributed by atoms with van der Waals surface area (Å²) in [6.45, 7) is 2.00. The molecular formula is C15H18N2O. The van der Waals surface area contributed by atoms with Crippen molar-refractivity contribution in [3.63, 3.8) is 0 Å². The lowest BCUT2D eigenvalue weighted by molar-refractivity contribution is 0.220. The fourth-order valence-electron chi connectivity index (χ4n) is 2.03. The number of pyridine rings is 1. The topological polar surface area (TPSA) is 36.4 Å². The molecule has 1 aromatic heterocycles. The van der Waals surface area contributed by atoms with Gasteiger partial charge in [-0.1, -0.05) is 30.3 Å². The van der Waals surface area contributed by atoms with Gasteiger partial charge in [0.1, 0.15) is 11.9 Å². The maximum absolute atomic E-state index is 10.3. The smallest absolute Gasteiger partial charge is 0.130 e. The van der Waals surface area contributed by atoms with E-state index in [1.54, 1.807) is 6.20 Å². The molecule has 3 nitrogen and oxygen atoms in total. The van der Waals surface area contributed by atoms with Crippen molar-refractivity contribution in [1.29, 1.82) is 0 Å². The Morgan fingerprint density at radius 2 is 1.78 bits per heavy atom. The molecule has 0 aliphatic heterocycles. The highest BCUT2D eigenvalue weighted by molar-refractivity contribution is 5.47. The van der Waals surface area contributed by atoms with E-state index in [1.807, 2.05) is 62.3 Å². The Kier molecular flexibility index (Phi) is 3.63. The number of aromatic nitrogens is 1. The maximum atomic E-state index is 10.3. The molecule has 0 bridgehead atoms. The van der Waals surface area contributed by atoms with Gasteiger partial charge in [0, 0.05) is 25.9 Å². The molecule has 0 saturated carbocycles. The quantitative estimate of drug-likeness (QED) is 0.898. The largest absolute Gasteiger partial charge is 0.384 e. The summed E-state index contributed by atoms with van der Waals surface area (Å²) in [7, 11) is 3.92. The number of rotatable bonds is 3. The molecule has 1 unspecified atom stereocenters. The summed E-state index contributed by atoms with van der Waals surface area (Å²) in [4.78, 5) is 6.36.